The van der Waals surface area contributed by atoms with Crippen LogP contribution in [-0.2, 0) is 14.8 Å². The molecule has 0 fully saturated rings. The van der Waals surface area contributed by atoms with E-state index in [1.165, 1.54) is 23.9 Å². The van der Waals surface area contributed by atoms with Crippen molar-refractivity contribution in [3.63, 3.8) is 0 Å². The predicted molar refractivity (Wildman–Crippen MR) is 125 cm³/mol. The average Bonchev–Trinajstić information content (AvgIpc) is 2.76. The maximum absolute atomic E-state index is 12.6. The number of carbonyl (C=O) groups excluding carboxylic acids is 1. The van der Waals surface area contributed by atoms with Crippen molar-refractivity contribution in [3.05, 3.63) is 78.4 Å². The highest BCUT2D eigenvalue weighted by atomic mass is 32.2. The SMILES string of the molecule is COc1ccc(SC(C)C(=O)Nc2ccc(S(=O)(=O)Nc3ccc(C)cc3)cc2)cc1. The molecule has 0 spiro atoms. The van der Waals surface area contributed by atoms with Gasteiger partial charge in [-0.15, -0.1) is 11.8 Å². The summed E-state index contributed by atoms with van der Waals surface area (Å²) in [6.07, 6.45) is 0. The summed E-state index contributed by atoms with van der Waals surface area (Å²) in [7, 11) is -2.11. The van der Waals surface area contributed by atoms with Gasteiger partial charge in [0.15, 0.2) is 0 Å². The van der Waals surface area contributed by atoms with Crippen LogP contribution in [0.15, 0.2) is 82.6 Å². The standard InChI is InChI=1S/C23H24N2O4S2/c1-16-4-6-19(7-5-16)25-31(27,28)22-14-8-18(9-15-22)24-23(26)17(2)30-21-12-10-20(29-3)11-13-21/h4-15,17,25H,1-3H3,(H,24,26). The molecule has 162 valence electrons. The van der Waals surface area contributed by atoms with Gasteiger partial charge in [0.05, 0.1) is 17.3 Å². The van der Waals surface area contributed by atoms with Crippen molar-refractivity contribution in [3.8, 4) is 5.75 Å². The Morgan fingerprint density at radius 1 is 0.903 bits per heavy atom. The number of benzene rings is 3. The molecule has 1 unspecified atom stereocenters. The Balaban J connectivity index is 1.61. The van der Waals surface area contributed by atoms with Gasteiger partial charge in [0.2, 0.25) is 5.91 Å². The van der Waals surface area contributed by atoms with E-state index in [0.29, 0.717) is 11.4 Å². The van der Waals surface area contributed by atoms with Crippen LogP contribution >= 0.6 is 11.8 Å². The topological polar surface area (TPSA) is 84.5 Å². The van der Waals surface area contributed by atoms with E-state index in [0.717, 1.165) is 16.2 Å². The van der Waals surface area contributed by atoms with Crippen LogP contribution in [0.25, 0.3) is 0 Å². The van der Waals surface area contributed by atoms with Gasteiger partial charge in [-0.1, -0.05) is 17.7 Å². The Bertz CT molecular complexity index is 1130. The molecule has 1 atom stereocenters. The third-order valence-corrected chi connectivity index (χ3v) is 6.99. The van der Waals surface area contributed by atoms with E-state index in [9.17, 15) is 13.2 Å². The van der Waals surface area contributed by atoms with E-state index in [1.54, 1.807) is 31.4 Å². The number of nitrogens with one attached hydrogen (secondary N) is 2. The van der Waals surface area contributed by atoms with Gasteiger partial charge >= 0.3 is 0 Å². The number of aryl methyl sites for hydroxylation is 1. The lowest BCUT2D eigenvalue weighted by Gasteiger charge is -2.13. The molecule has 0 bridgehead atoms. The fourth-order valence-electron chi connectivity index (χ4n) is 2.71. The molecule has 0 heterocycles. The first kappa shape index (κ1) is 22.7. The van der Waals surface area contributed by atoms with Crippen LogP contribution in [0.1, 0.15) is 12.5 Å². The lowest BCUT2D eigenvalue weighted by molar-refractivity contribution is -0.115. The van der Waals surface area contributed by atoms with E-state index in [2.05, 4.69) is 10.0 Å². The van der Waals surface area contributed by atoms with Crippen molar-refractivity contribution in [2.45, 2.75) is 28.9 Å². The van der Waals surface area contributed by atoms with Crippen molar-refractivity contribution in [2.24, 2.45) is 0 Å². The fourth-order valence-corrected chi connectivity index (χ4v) is 4.63. The molecule has 0 saturated carbocycles. The van der Waals surface area contributed by atoms with E-state index in [1.807, 2.05) is 50.2 Å². The average molecular weight is 457 g/mol. The first-order chi connectivity index (χ1) is 14.8. The Kier molecular flexibility index (Phi) is 7.25. The highest BCUT2D eigenvalue weighted by molar-refractivity contribution is 8.00. The molecule has 0 aromatic heterocycles. The van der Waals surface area contributed by atoms with E-state index in [-0.39, 0.29) is 16.1 Å². The van der Waals surface area contributed by atoms with Crippen molar-refractivity contribution >= 4 is 39.1 Å². The molecule has 3 aromatic carbocycles. The zero-order valence-corrected chi connectivity index (χ0v) is 19.1. The van der Waals surface area contributed by atoms with Crippen molar-refractivity contribution in [2.75, 3.05) is 17.1 Å². The molecule has 0 radical (unpaired) electrons. The van der Waals surface area contributed by atoms with E-state index < -0.39 is 10.0 Å². The quantitative estimate of drug-likeness (QED) is 0.470. The number of ether oxygens (including phenoxy) is 1. The molecule has 2 N–H and O–H groups in total. The second kappa shape index (κ2) is 9.89. The van der Waals surface area contributed by atoms with E-state index >= 15 is 0 Å². The molecular weight excluding hydrogens is 432 g/mol. The Morgan fingerprint density at radius 3 is 2.06 bits per heavy atom. The monoisotopic (exact) mass is 456 g/mol. The Morgan fingerprint density at radius 2 is 1.48 bits per heavy atom. The van der Waals surface area contributed by atoms with Crippen LogP contribution in [0, 0.1) is 6.92 Å². The summed E-state index contributed by atoms with van der Waals surface area (Å²) in [5, 5.41) is 2.49. The largest absolute Gasteiger partial charge is 0.497 e. The molecule has 3 rings (SSSR count). The zero-order chi connectivity index (χ0) is 22.4. The minimum Gasteiger partial charge on any atom is -0.497 e. The molecule has 0 aliphatic heterocycles. The summed E-state index contributed by atoms with van der Waals surface area (Å²) in [6.45, 7) is 3.75. The van der Waals surface area contributed by atoms with Crippen LogP contribution < -0.4 is 14.8 Å². The zero-order valence-electron chi connectivity index (χ0n) is 17.5. The second-order valence-corrected chi connectivity index (χ2v) is 10.0. The van der Waals surface area contributed by atoms with Crippen molar-refractivity contribution < 1.29 is 17.9 Å². The number of rotatable bonds is 8. The second-order valence-electron chi connectivity index (χ2n) is 6.92. The van der Waals surface area contributed by atoms with Gasteiger partial charge in [0.1, 0.15) is 5.75 Å². The minimum atomic E-state index is -3.71. The van der Waals surface area contributed by atoms with Crippen LogP contribution in [0.4, 0.5) is 11.4 Å². The Hall–Kier alpha value is -2.97. The fraction of sp³-hybridized carbons (Fsp3) is 0.174. The van der Waals surface area contributed by atoms with E-state index in [4.69, 9.17) is 4.74 Å². The van der Waals surface area contributed by atoms with Gasteiger partial charge in [-0.2, -0.15) is 0 Å². The maximum atomic E-state index is 12.6. The molecule has 31 heavy (non-hydrogen) atoms. The van der Waals surface area contributed by atoms with Gasteiger partial charge < -0.3 is 10.1 Å². The maximum Gasteiger partial charge on any atom is 0.261 e. The smallest absolute Gasteiger partial charge is 0.261 e. The van der Waals surface area contributed by atoms with Gasteiger partial charge in [0, 0.05) is 16.3 Å². The molecule has 1 amide bonds. The number of hydrogen-bond acceptors (Lipinski definition) is 5. The molecule has 0 aliphatic rings. The number of sulfonamides is 1. The van der Waals surface area contributed by atoms with Crippen LogP contribution in [0.3, 0.4) is 0 Å². The summed E-state index contributed by atoms with van der Waals surface area (Å²) in [5.41, 5.74) is 2.07. The molecule has 6 nitrogen and oxygen atoms in total. The number of thioether (sulfide) groups is 1. The third-order valence-electron chi connectivity index (χ3n) is 4.48. The molecule has 8 heteroatoms. The molecule has 0 saturated heterocycles. The van der Waals surface area contributed by atoms with Gasteiger partial charge in [-0.3, -0.25) is 9.52 Å². The number of methoxy groups -OCH3 is 1. The summed E-state index contributed by atoms with van der Waals surface area (Å²) in [6, 6.07) is 20.7. The minimum absolute atomic E-state index is 0.117. The normalized spacial score (nSPS) is 12.1. The van der Waals surface area contributed by atoms with Gasteiger partial charge in [-0.05, 0) is 74.5 Å². The highest BCUT2D eigenvalue weighted by Gasteiger charge is 2.17. The van der Waals surface area contributed by atoms with Crippen LogP contribution in [0.2, 0.25) is 0 Å². The summed E-state index contributed by atoms with van der Waals surface area (Å²) < 4.78 is 32.8. The predicted octanol–water partition coefficient (Wildman–Crippen LogP) is 4.92. The first-order valence-corrected chi connectivity index (χ1v) is 11.9. The Labute approximate surface area is 187 Å². The number of carbonyl (C=O) groups is 1. The number of anilines is 2. The summed E-state index contributed by atoms with van der Waals surface area (Å²) in [5.74, 6) is 0.586. The third kappa shape index (κ3) is 6.26. The molecular formula is C23H24N2O4S2. The van der Waals surface area contributed by atoms with Gasteiger partial charge in [-0.25, -0.2) is 8.42 Å². The summed E-state index contributed by atoms with van der Waals surface area (Å²) in [4.78, 5) is 13.6. The van der Waals surface area contributed by atoms with Crippen LogP contribution in [-0.4, -0.2) is 26.7 Å². The van der Waals surface area contributed by atoms with Crippen molar-refractivity contribution in [1.29, 1.82) is 0 Å². The molecule has 3 aromatic rings. The highest BCUT2D eigenvalue weighted by Crippen LogP contribution is 2.26. The van der Waals surface area contributed by atoms with Crippen molar-refractivity contribution in [1.82, 2.24) is 0 Å². The molecule has 0 aliphatic carbocycles. The lowest BCUT2D eigenvalue weighted by atomic mass is 10.2. The number of amides is 1. The number of hydrogen-bond donors (Lipinski definition) is 2. The lowest BCUT2D eigenvalue weighted by Crippen LogP contribution is -2.22. The van der Waals surface area contributed by atoms with Gasteiger partial charge in [0.25, 0.3) is 10.0 Å². The van der Waals surface area contributed by atoms with Crippen LogP contribution in [0.5, 0.6) is 5.75 Å². The first-order valence-electron chi connectivity index (χ1n) is 9.58. The summed E-state index contributed by atoms with van der Waals surface area (Å²) >= 11 is 1.43.